The normalized spacial score (nSPS) is 18.0. The summed E-state index contributed by atoms with van der Waals surface area (Å²) in [5.74, 6) is -0.175. The molecule has 2 heterocycles. The van der Waals surface area contributed by atoms with Gasteiger partial charge in [-0.05, 0) is 19.1 Å². The highest BCUT2D eigenvalue weighted by Gasteiger charge is 2.40. The summed E-state index contributed by atoms with van der Waals surface area (Å²) in [7, 11) is 0. The lowest BCUT2D eigenvalue weighted by Gasteiger charge is -2.39. The van der Waals surface area contributed by atoms with Crippen molar-refractivity contribution in [1.29, 1.82) is 0 Å². The van der Waals surface area contributed by atoms with Crippen LogP contribution in [-0.4, -0.2) is 30.4 Å². The highest BCUT2D eigenvalue weighted by molar-refractivity contribution is 5.94. The van der Waals surface area contributed by atoms with Crippen LogP contribution in [0.15, 0.2) is 23.0 Å². The first-order valence-electron chi connectivity index (χ1n) is 7.74. The van der Waals surface area contributed by atoms with Crippen LogP contribution in [0, 0.1) is 0 Å². The number of rotatable bonds is 2. The number of hydrogen-bond acceptors (Lipinski definition) is 3. The summed E-state index contributed by atoms with van der Waals surface area (Å²) in [6, 6.07) is 1.98. The minimum absolute atomic E-state index is 0.0890. The molecule has 1 aromatic carbocycles. The number of aromatic nitrogens is 1. The molecule has 2 aromatic rings. The van der Waals surface area contributed by atoms with Gasteiger partial charge in [-0.15, -0.1) is 0 Å². The summed E-state index contributed by atoms with van der Waals surface area (Å²) in [4.78, 5) is 15.2. The maximum Gasteiger partial charge on any atom is 0.417 e. The fourth-order valence-corrected chi connectivity index (χ4v) is 3.24. The van der Waals surface area contributed by atoms with Gasteiger partial charge in [0, 0.05) is 12.6 Å². The quantitative estimate of drug-likeness (QED) is 0.799. The molecule has 1 atom stereocenters. The first-order chi connectivity index (χ1) is 12.0. The molecule has 0 radical (unpaired) electrons. The maximum absolute atomic E-state index is 13.4. The summed E-state index contributed by atoms with van der Waals surface area (Å²) >= 11 is 0. The van der Waals surface area contributed by atoms with E-state index in [9.17, 15) is 31.1 Å². The number of anilines is 1. The maximum atomic E-state index is 13.4. The van der Waals surface area contributed by atoms with Gasteiger partial charge in [0.05, 0.1) is 34.6 Å². The third-order valence-electron chi connectivity index (χ3n) is 4.22. The largest absolute Gasteiger partial charge is 0.489 e. The average molecular weight is 380 g/mol. The Morgan fingerprint density at radius 1 is 1.23 bits per heavy atom. The number of hydrogen-bond donors (Lipinski definition) is 1. The minimum Gasteiger partial charge on any atom is -0.489 e. The van der Waals surface area contributed by atoms with Crippen LogP contribution in [0.4, 0.5) is 32.0 Å². The van der Waals surface area contributed by atoms with E-state index in [-0.39, 0.29) is 28.9 Å². The lowest BCUT2D eigenvalue weighted by atomic mass is 10.0. The molecule has 0 fully saturated rings. The summed E-state index contributed by atoms with van der Waals surface area (Å²) in [6.07, 6.45) is -10.4. The van der Waals surface area contributed by atoms with E-state index < -0.39 is 42.5 Å². The van der Waals surface area contributed by atoms with Gasteiger partial charge in [0.25, 0.3) is 0 Å². The van der Waals surface area contributed by atoms with Crippen molar-refractivity contribution in [2.45, 2.75) is 31.7 Å². The van der Waals surface area contributed by atoms with Crippen LogP contribution in [0.1, 0.15) is 18.9 Å². The average Bonchev–Trinajstić information content (AvgIpc) is 2.51. The predicted molar refractivity (Wildman–Crippen MR) is 82.5 cm³/mol. The van der Waals surface area contributed by atoms with E-state index in [1.165, 1.54) is 17.0 Å². The molecule has 26 heavy (non-hydrogen) atoms. The van der Waals surface area contributed by atoms with Crippen LogP contribution in [0.2, 0.25) is 0 Å². The summed E-state index contributed by atoms with van der Waals surface area (Å²) in [5, 5.41) is -0.362. The van der Waals surface area contributed by atoms with Crippen molar-refractivity contribution >= 4 is 16.6 Å². The molecular formula is C16H14F6N2O2. The molecule has 0 amide bonds. The number of nitrogens with one attached hydrogen (secondary N) is 1. The highest BCUT2D eigenvalue weighted by atomic mass is 19.4. The van der Waals surface area contributed by atoms with E-state index in [1.807, 2.05) is 0 Å². The topological polar surface area (TPSA) is 45.3 Å². The molecule has 1 unspecified atom stereocenters. The van der Waals surface area contributed by atoms with Crippen molar-refractivity contribution < 1.29 is 31.1 Å². The standard InChI is InChI=1S/C16H14F6N2O2/c1-2-24-8(6-15(17,18)19)7-26-14-11(24)4-3-10-13(14)9(16(20,21)22)5-12(25)23-10/h3-5,8H,2,6-7H2,1H3,(H,23,25). The van der Waals surface area contributed by atoms with Crippen LogP contribution in [0.25, 0.3) is 10.9 Å². The molecule has 0 spiro atoms. The fourth-order valence-electron chi connectivity index (χ4n) is 3.24. The number of ether oxygens (including phenoxy) is 1. The first kappa shape index (κ1) is 18.4. The summed E-state index contributed by atoms with van der Waals surface area (Å²) < 4.78 is 83.8. The Labute approximate surface area is 143 Å². The molecule has 3 rings (SSSR count). The zero-order valence-corrected chi connectivity index (χ0v) is 13.5. The van der Waals surface area contributed by atoms with Crippen LogP contribution < -0.4 is 15.2 Å². The number of nitrogens with zero attached hydrogens (tertiary/aromatic N) is 1. The molecule has 1 aliphatic heterocycles. The molecule has 4 nitrogen and oxygen atoms in total. The van der Waals surface area contributed by atoms with Gasteiger partial charge < -0.3 is 14.6 Å². The molecule has 0 saturated carbocycles. The number of fused-ring (bicyclic) bond motifs is 3. The van der Waals surface area contributed by atoms with Gasteiger partial charge in [0.2, 0.25) is 5.56 Å². The number of benzene rings is 1. The van der Waals surface area contributed by atoms with Gasteiger partial charge in [0.15, 0.2) is 5.75 Å². The number of halogens is 6. The van der Waals surface area contributed by atoms with Crippen molar-refractivity contribution in [3.63, 3.8) is 0 Å². The van der Waals surface area contributed by atoms with Crippen molar-refractivity contribution in [2.24, 2.45) is 0 Å². The Bertz CT molecular complexity index is 887. The van der Waals surface area contributed by atoms with Crippen molar-refractivity contribution in [1.82, 2.24) is 4.98 Å². The molecule has 0 bridgehead atoms. The van der Waals surface area contributed by atoms with Crippen LogP contribution in [0.5, 0.6) is 5.75 Å². The van der Waals surface area contributed by atoms with Gasteiger partial charge >= 0.3 is 12.4 Å². The Hall–Kier alpha value is -2.39. The van der Waals surface area contributed by atoms with Crippen molar-refractivity contribution in [3.8, 4) is 5.75 Å². The van der Waals surface area contributed by atoms with E-state index >= 15 is 0 Å². The van der Waals surface area contributed by atoms with Gasteiger partial charge in [-0.25, -0.2) is 0 Å². The van der Waals surface area contributed by atoms with Crippen molar-refractivity contribution in [3.05, 3.63) is 34.1 Å². The SMILES string of the molecule is CCN1c2ccc3[nH]c(=O)cc(C(F)(F)F)c3c2OCC1CC(F)(F)F. The van der Waals surface area contributed by atoms with E-state index in [1.54, 1.807) is 6.92 Å². The second-order valence-corrected chi connectivity index (χ2v) is 5.95. The summed E-state index contributed by atoms with van der Waals surface area (Å²) in [6.45, 7) is 1.36. The van der Waals surface area contributed by atoms with Crippen LogP contribution in [0.3, 0.4) is 0 Å². The zero-order valence-electron chi connectivity index (χ0n) is 13.5. The molecule has 1 N–H and O–H groups in total. The van der Waals surface area contributed by atoms with E-state index in [2.05, 4.69) is 4.98 Å². The van der Waals surface area contributed by atoms with E-state index in [4.69, 9.17) is 4.74 Å². The Kier molecular flexibility index (Phi) is 4.32. The lowest BCUT2D eigenvalue weighted by molar-refractivity contribution is -0.140. The zero-order chi connectivity index (χ0) is 19.3. The highest BCUT2D eigenvalue weighted by Crippen LogP contribution is 2.45. The Morgan fingerprint density at radius 3 is 2.50 bits per heavy atom. The second kappa shape index (κ2) is 6.10. The van der Waals surface area contributed by atoms with Gasteiger partial charge in [-0.3, -0.25) is 4.79 Å². The number of likely N-dealkylation sites (N-methyl/N-ethyl adjacent to an activating group) is 1. The molecule has 0 saturated heterocycles. The number of aromatic amines is 1. The predicted octanol–water partition coefficient (Wildman–Crippen LogP) is 4.09. The first-order valence-corrected chi connectivity index (χ1v) is 7.74. The Morgan fingerprint density at radius 2 is 1.92 bits per heavy atom. The fraction of sp³-hybridized carbons (Fsp3) is 0.438. The molecule has 10 heteroatoms. The molecule has 142 valence electrons. The van der Waals surface area contributed by atoms with Crippen LogP contribution >= 0.6 is 0 Å². The number of pyridine rings is 1. The smallest absolute Gasteiger partial charge is 0.417 e. The van der Waals surface area contributed by atoms with Gasteiger partial charge in [-0.2, -0.15) is 26.3 Å². The molecule has 0 aliphatic carbocycles. The third kappa shape index (κ3) is 3.32. The lowest BCUT2D eigenvalue weighted by Crippen LogP contribution is -2.45. The third-order valence-corrected chi connectivity index (χ3v) is 4.22. The van der Waals surface area contributed by atoms with Crippen LogP contribution in [-0.2, 0) is 6.18 Å². The second-order valence-electron chi connectivity index (χ2n) is 5.95. The Balaban J connectivity index is 2.21. The van der Waals surface area contributed by atoms with E-state index in [0.29, 0.717) is 6.07 Å². The summed E-state index contributed by atoms with van der Waals surface area (Å²) in [5.41, 5.74) is -2.06. The van der Waals surface area contributed by atoms with Gasteiger partial charge in [-0.1, -0.05) is 0 Å². The minimum atomic E-state index is -4.81. The molecule has 1 aromatic heterocycles. The van der Waals surface area contributed by atoms with Crippen molar-refractivity contribution in [2.75, 3.05) is 18.1 Å². The number of alkyl halides is 6. The molecular weight excluding hydrogens is 366 g/mol. The van der Waals surface area contributed by atoms with Gasteiger partial charge in [0.1, 0.15) is 6.61 Å². The molecule has 1 aliphatic rings. The van der Waals surface area contributed by atoms with E-state index in [0.717, 1.165) is 0 Å². The monoisotopic (exact) mass is 380 g/mol. The number of H-pyrrole nitrogens is 1.